The maximum atomic E-state index is 12.5. The Bertz CT molecular complexity index is 1270. The fourth-order valence-electron chi connectivity index (χ4n) is 3.73. The predicted molar refractivity (Wildman–Crippen MR) is 137 cm³/mol. The van der Waals surface area contributed by atoms with E-state index in [2.05, 4.69) is 29.2 Å². The van der Waals surface area contributed by atoms with Gasteiger partial charge in [0.25, 0.3) is 5.56 Å². The molecule has 4 rings (SSSR count). The molecule has 0 spiro atoms. The molecule has 0 fully saturated rings. The van der Waals surface area contributed by atoms with Gasteiger partial charge in [0.15, 0.2) is 5.75 Å². The molecule has 0 unspecified atom stereocenters. The molecule has 35 heavy (non-hydrogen) atoms. The summed E-state index contributed by atoms with van der Waals surface area (Å²) in [7, 11) is 0. The van der Waals surface area contributed by atoms with Gasteiger partial charge < -0.3 is 0 Å². The van der Waals surface area contributed by atoms with Crippen LogP contribution in [0.25, 0.3) is 0 Å². The average Bonchev–Trinajstić information content (AvgIpc) is 2.89. The van der Waals surface area contributed by atoms with E-state index < -0.39 is 5.97 Å². The van der Waals surface area contributed by atoms with E-state index in [-0.39, 0.29) is 11.5 Å². The topological polar surface area (TPSA) is 70.4 Å². The van der Waals surface area contributed by atoms with E-state index in [9.17, 15) is 9.59 Å². The Morgan fingerprint density at radius 2 is 1.60 bits per heavy atom. The molecule has 178 valence electrons. The standard InChI is InChI=1S/C28H26N2O4S/c1-21(31)33-34-24-14-8-15-25(20-24)35-19-9-18-30-27(32)17-16-26(29-30)28(22-10-4-2-5-11-22)23-12-6-3-7-13-23/h2-8,10-17,20,28H,9,18-19H2,1H3. The quantitative estimate of drug-likeness (QED) is 0.128. The first-order valence-corrected chi connectivity index (χ1v) is 12.3. The molecule has 0 radical (unpaired) electrons. The van der Waals surface area contributed by atoms with Crippen LogP contribution in [0.5, 0.6) is 5.75 Å². The van der Waals surface area contributed by atoms with Crippen LogP contribution >= 0.6 is 11.8 Å². The summed E-state index contributed by atoms with van der Waals surface area (Å²) in [6.45, 7) is 1.80. The molecule has 0 aliphatic carbocycles. The van der Waals surface area contributed by atoms with Crippen LogP contribution in [0.4, 0.5) is 0 Å². The third kappa shape index (κ3) is 6.83. The van der Waals surface area contributed by atoms with Crippen molar-refractivity contribution < 1.29 is 14.6 Å². The van der Waals surface area contributed by atoms with Crippen LogP contribution in [-0.2, 0) is 16.2 Å². The van der Waals surface area contributed by atoms with Crippen molar-refractivity contribution in [3.8, 4) is 5.75 Å². The maximum Gasteiger partial charge on any atom is 0.352 e. The summed E-state index contributed by atoms with van der Waals surface area (Å²) >= 11 is 1.63. The van der Waals surface area contributed by atoms with Crippen molar-refractivity contribution in [2.75, 3.05) is 5.75 Å². The average molecular weight is 487 g/mol. The van der Waals surface area contributed by atoms with Crippen molar-refractivity contribution in [3.63, 3.8) is 0 Å². The van der Waals surface area contributed by atoms with Crippen molar-refractivity contribution in [2.24, 2.45) is 0 Å². The third-order valence-corrected chi connectivity index (χ3v) is 6.37. The number of rotatable bonds is 10. The van der Waals surface area contributed by atoms with Gasteiger partial charge in [0.05, 0.1) is 11.6 Å². The molecule has 1 heterocycles. The zero-order valence-electron chi connectivity index (χ0n) is 19.4. The molecule has 0 saturated carbocycles. The molecular weight excluding hydrogens is 460 g/mol. The Morgan fingerprint density at radius 1 is 0.914 bits per heavy atom. The Labute approximate surface area is 208 Å². The highest BCUT2D eigenvalue weighted by Gasteiger charge is 2.19. The normalized spacial score (nSPS) is 10.8. The molecule has 0 bridgehead atoms. The zero-order valence-corrected chi connectivity index (χ0v) is 20.2. The van der Waals surface area contributed by atoms with E-state index in [1.165, 1.54) is 6.92 Å². The van der Waals surface area contributed by atoms with Crippen molar-refractivity contribution in [2.45, 2.75) is 30.7 Å². The lowest BCUT2D eigenvalue weighted by Gasteiger charge is -2.18. The van der Waals surface area contributed by atoms with Gasteiger partial charge in [-0.25, -0.2) is 9.48 Å². The van der Waals surface area contributed by atoms with Crippen LogP contribution in [-0.4, -0.2) is 21.5 Å². The molecule has 0 N–H and O–H groups in total. The van der Waals surface area contributed by atoms with E-state index in [1.807, 2.05) is 60.7 Å². The third-order valence-electron chi connectivity index (χ3n) is 5.29. The lowest BCUT2D eigenvalue weighted by molar-refractivity contribution is -0.210. The Morgan fingerprint density at radius 3 is 2.26 bits per heavy atom. The van der Waals surface area contributed by atoms with E-state index in [4.69, 9.17) is 9.99 Å². The summed E-state index contributed by atoms with van der Waals surface area (Å²) in [5.74, 6) is 0.683. The van der Waals surface area contributed by atoms with E-state index >= 15 is 0 Å². The molecule has 3 aromatic carbocycles. The number of hydrogen-bond donors (Lipinski definition) is 0. The van der Waals surface area contributed by atoms with Crippen molar-refractivity contribution in [3.05, 3.63) is 124 Å². The van der Waals surface area contributed by atoms with Gasteiger partial charge in [-0.15, -0.1) is 11.8 Å². The van der Waals surface area contributed by atoms with Gasteiger partial charge in [-0.05, 0) is 47.6 Å². The van der Waals surface area contributed by atoms with Gasteiger partial charge in [-0.3, -0.25) is 14.6 Å². The number of carbonyl (C=O) groups is 1. The molecule has 0 atom stereocenters. The first kappa shape index (κ1) is 24.3. The number of aromatic nitrogens is 2. The first-order valence-electron chi connectivity index (χ1n) is 11.4. The first-order chi connectivity index (χ1) is 17.1. The number of hydrogen-bond acceptors (Lipinski definition) is 6. The molecular formula is C28H26N2O4S. The summed E-state index contributed by atoms with van der Waals surface area (Å²) in [5, 5.41) is 4.75. The minimum absolute atomic E-state index is 0.0569. The maximum absolute atomic E-state index is 12.5. The predicted octanol–water partition coefficient (Wildman–Crippen LogP) is 5.46. The summed E-state index contributed by atoms with van der Waals surface area (Å²) in [6.07, 6.45) is 0.761. The summed E-state index contributed by atoms with van der Waals surface area (Å²) < 4.78 is 1.55. The number of nitrogens with zero attached hydrogens (tertiary/aromatic N) is 2. The minimum atomic E-state index is -0.509. The fraction of sp³-hybridized carbons (Fsp3) is 0.179. The van der Waals surface area contributed by atoms with Crippen LogP contribution in [0, 0.1) is 0 Å². The van der Waals surface area contributed by atoms with E-state index in [0.717, 1.165) is 33.9 Å². The summed E-state index contributed by atoms with van der Waals surface area (Å²) in [5.41, 5.74) is 2.98. The van der Waals surface area contributed by atoms with Crippen LogP contribution in [0.1, 0.15) is 36.1 Å². The summed E-state index contributed by atoms with van der Waals surface area (Å²) in [6, 6.07) is 31.2. The molecule has 0 amide bonds. The van der Waals surface area contributed by atoms with Gasteiger partial charge in [0.2, 0.25) is 0 Å². The lowest BCUT2D eigenvalue weighted by atomic mass is 9.88. The molecule has 1 aromatic heterocycles. The van der Waals surface area contributed by atoms with E-state index in [1.54, 1.807) is 28.6 Å². The molecule has 4 aromatic rings. The van der Waals surface area contributed by atoms with Gasteiger partial charge in [-0.2, -0.15) is 5.10 Å². The second-order valence-corrected chi connectivity index (χ2v) is 9.08. The second kappa shape index (κ2) is 12.0. The summed E-state index contributed by atoms with van der Waals surface area (Å²) in [4.78, 5) is 34.0. The smallest absolute Gasteiger partial charge is 0.287 e. The largest absolute Gasteiger partial charge is 0.352 e. The van der Waals surface area contributed by atoms with Crippen molar-refractivity contribution in [1.29, 1.82) is 0 Å². The van der Waals surface area contributed by atoms with Crippen LogP contribution in [0.2, 0.25) is 0 Å². The van der Waals surface area contributed by atoms with Crippen LogP contribution in [0.3, 0.4) is 0 Å². The van der Waals surface area contributed by atoms with Crippen LogP contribution in [0.15, 0.2) is 107 Å². The number of carbonyl (C=O) groups excluding carboxylic acids is 1. The fourth-order valence-corrected chi connectivity index (χ4v) is 4.61. The van der Waals surface area contributed by atoms with E-state index in [0.29, 0.717) is 12.3 Å². The second-order valence-electron chi connectivity index (χ2n) is 7.91. The Hall–Kier alpha value is -3.84. The number of thioether (sulfide) groups is 1. The highest BCUT2D eigenvalue weighted by molar-refractivity contribution is 7.99. The molecule has 0 saturated heterocycles. The van der Waals surface area contributed by atoms with Crippen LogP contribution < -0.4 is 10.4 Å². The monoisotopic (exact) mass is 486 g/mol. The minimum Gasteiger partial charge on any atom is -0.287 e. The molecule has 0 aliphatic heterocycles. The number of benzene rings is 3. The van der Waals surface area contributed by atoms with Crippen molar-refractivity contribution >= 4 is 17.7 Å². The SMILES string of the molecule is CC(=O)OOc1cccc(SCCCn2nc(C(c3ccccc3)c3ccccc3)ccc2=O)c1. The van der Waals surface area contributed by atoms with Gasteiger partial charge in [0, 0.05) is 24.4 Å². The Balaban J connectivity index is 1.44. The molecule has 7 heteroatoms. The Kier molecular flexibility index (Phi) is 8.35. The van der Waals surface area contributed by atoms with Gasteiger partial charge >= 0.3 is 5.97 Å². The zero-order chi connectivity index (χ0) is 24.5. The number of aryl methyl sites for hydroxylation is 1. The van der Waals surface area contributed by atoms with Gasteiger partial charge in [-0.1, -0.05) is 66.7 Å². The molecule has 6 nitrogen and oxygen atoms in total. The lowest BCUT2D eigenvalue weighted by Crippen LogP contribution is -2.24. The highest BCUT2D eigenvalue weighted by Crippen LogP contribution is 2.30. The van der Waals surface area contributed by atoms with Gasteiger partial charge in [0.1, 0.15) is 0 Å². The molecule has 0 aliphatic rings. The highest BCUT2D eigenvalue weighted by atomic mass is 32.2. The van der Waals surface area contributed by atoms with Crippen molar-refractivity contribution in [1.82, 2.24) is 9.78 Å².